The van der Waals surface area contributed by atoms with E-state index in [-0.39, 0.29) is 6.61 Å². The van der Waals surface area contributed by atoms with Crippen molar-refractivity contribution in [2.45, 2.75) is 44.9 Å². The summed E-state index contributed by atoms with van der Waals surface area (Å²) in [6, 6.07) is 13.4. The molecule has 6 nitrogen and oxygen atoms in total. The van der Waals surface area contributed by atoms with Crippen molar-refractivity contribution >= 4 is 23.2 Å². The second kappa shape index (κ2) is 11.5. The van der Waals surface area contributed by atoms with Crippen LogP contribution in [0.2, 0.25) is 10.0 Å². The van der Waals surface area contributed by atoms with Gasteiger partial charge in [0.25, 0.3) is 0 Å². The first-order chi connectivity index (χ1) is 16.4. The zero-order chi connectivity index (χ0) is 24.0. The van der Waals surface area contributed by atoms with E-state index in [1.807, 2.05) is 25.3 Å². The van der Waals surface area contributed by atoms with Gasteiger partial charge in [0.1, 0.15) is 30.5 Å². The summed E-state index contributed by atoms with van der Waals surface area (Å²) < 4.78 is 13.9. The lowest BCUT2D eigenvalue weighted by Gasteiger charge is -2.27. The summed E-state index contributed by atoms with van der Waals surface area (Å²) in [5, 5.41) is 12.1. The molecule has 2 aromatic carbocycles. The van der Waals surface area contributed by atoms with E-state index >= 15 is 0 Å². The summed E-state index contributed by atoms with van der Waals surface area (Å²) >= 11 is 12.0. The Morgan fingerprint density at radius 2 is 1.88 bits per heavy atom. The largest absolute Gasteiger partial charge is 0.492 e. The summed E-state index contributed by atoms with van der Waals surface area (Å²) in [4.78, 5) is 6.62. The number of ether oxygens (including phenoxy) is 2. The average Bonchev–Trinajstić information content (AvgIpc) is 3.13. The molecule has 8 heteroatoms. The number of benzene rings is 2. The second-order valence-corrected chi connectivity index (χ2v) is 9.70. The van der Waals surface area contributed by atoms with E-state index in [0.717, 1.165) is 44.2 Å². The van der Waals surface area contributed by atoms with E-state index in [2.05, 4.69) is 26.6 Å². The lowest BCUT2D eigenvalue weighted by atomic mass is 9.96. The first-order valence-electron chi connectivity index (χ1n) is 11.6. The van der Waals surface area contributed by atoms with Crippen molar-refractivity contribution in [3.8, 4) is 11.5 Å². The van der Waals surface area contributed by atoms with Crippen LogP contribution in [0, 0.1) is 6.92 Å². The van der Waals surface area contributed by atoms with Gasteiger partial charge in [-0.15, -0.1) is 0 Å². The van der Waals surface area contributed by atoms with Gasteiger partial charge in [-0.3, -0.25) is 4.90 Å². The smallest absolute Gasteiger partial charge is 0.121 e. The van der Waals surface area contributed by atoms with Crippen molar-refractivity contribution in [2.75, 3.05) is 26.3 Å². The van der Waals surface area contributed by atoms with Gasteiger partial charge in [-0.05, 0) is 62.6 Å². The van der Waals surface area contributed by atoms with Gasteiger partial charge in [-0.25, -0.2) is 4.98 Å². The minimum absolute atomic E-state index is 0.235. The third-order valence-corrected chi connectivity index (χ3v) is 6.98. The molecule has 34 heavy (non-hydrogen) atoms. The molecule has 2 heterocycles. The monoisotopic (exact) mass is 503 g/mol. The van der Waals surface area contributed by atoms with Crippen LogP contribution in [0.4, 0.5) is 0 Å². The molecule has 3 aromatic rings. The van der Waals surface area contributed by atoms with Crippen molar-refractivity contribution in [2.24, 2.45) is 0 Å². The second-order valence-electron chi connectivity index (χ2n) is 8.88. The topological polar surface area (TPSA) is 59.8 Å². The van der Waals surface area contributed by atoms with Crippen LogP contribution in [0.5, 0.6) is 11.5 Å². The number of hydrogen-bond donors (Lipinski definition) is 1. The maximum Gasteiger partial charge on any atom is 0.121 e. The third-order valence-electron chi connectivity index (χ3n) is 6.24. The molecule has 0 radical (unpaired) electrons. The number of imidazole rings is 1. The number of halogens is 2. The lowest BCUT2D eigenvalue weighted by Crippen LogP contribution is -2.37. The van der Waals surface area contributed by atoms with Crippen molar-refractivity contribution in [1.29, 1.82) is 0 Å². The minimum Gasteiger partial charge on any atom is -0.492 e. The van der Waals surface area contributed by atoms with E-state index in [1.54, 1.807) is 24.4 Å². The molecule has 0 aliphatic carbocycles. The molecule has 0 spiro atoms. The van der Waals surface area contributed by atoms with Crippen molar-refractivity contribution < 1.29 is 14.6 Å². The molecule has 1 aliphatic heterocycles. The lowest BCUT2D eigenvalue weighted by molar-refractivity contribution is -0.0168. The number of likely N-dealkylation sites (tertiary alicyclic amines) is 1. The highest BCUT2D eigenvalue weighted by Crippen LogP contribution is 2.29. The molecule has 1 aliphatic rings. The molecule has 0 unspecified atom stereocenters. The first-order valence-corrected chi connectivity index (χ1v) is 12.4. The Bertz CT molecular complexity index is 1090. The standard InChI is InChI=1S/C26H31Cl2N3O3/c1-20-29-10-13-31(20)14-15-33-22-5-2-4-21(16-22)18-30-11-3-8-26(32,9-12-30)19-34-23-6-7-24(27)25(28)17-23/h2,4-7,10,13,16-17,32H,3,8-9,11-12,14-15,18-19H2,1H3/t26-/m1/s1. The summed E-state index contributed by atoms with van der Waals surface area (Å²) in [7, 11) is 0. The van der Waals surface area contributed by atoms with Crippen LogP contribution in [-0.2, 0) is 13.1 Å². The van der Waals surface area contributed by atoms with Gasteiger partial charge < -0.3 is 19.1 Å². The Labute approximate surface area is 211 Å². The fourth-order valence-corrected chi connectivity index (χ4v) is 4.50. The summed E-state index contributed by atoms with van der Waals surface area (Å²) in [5.41, 5.74) is 0.339. The van der Waals surface area contributed by atoms with Crippen LogP contribution in [0.25, 0.3) is 0 Å². The molecular weight excluding hydrogens is 473 g/mol. The van der Waals surface area contributed by atoms with Crippen LogP contribution in [0.15, 0.2) is 54.9 Å². The van der Waals surface area contributed by atoms with Crippen molar-refractivity contribution in [3.63, 3.8) is 0 Å². The first kappa shape index (κ1) is 24.9. The van der Waals surface area contributed by atoms with E-state index in [1.165, 1.54) is 5.56 Å². The maximum absolute atomic E-state index is 11.1. The maximum atomic E-state index is 11.1. The van der Waals surface area contributed by atoms with Crippen molar-refractivity contribution in [1.82, 2.24) is 14.5 Å². The van der Waals surface area contributed by atoms with E-state index in [9.17, 15) is 5.11 Å². The van der Waals surface area contributed by atoms with E-state index < -0.39 is 5.60 Å². The quantitative estimate of drug-likeness (QED) is 0.425. The van der Waals surface area contributed by atoms with Crippen LogP contribution >= 0.6 is 23.2 Å². The van der Waals surface area contributed by atoms with Gasteiger partial charge in [0, 0.05) is 31.5 Å². The Morgan fingerprint density at radius 3 is 2.68 bits per heavy atom. The van der Waals surface area contributed by atoms with Gasteiger partial charge in [0.15, 0.2) is 0 Å². The predicted molar refractivity (Wildman–Crippen MR) is 135 cm³/mol. The Kier molecular flexibility index (Phi) is 8.37. The Balaban J connectivity index is 1.26. The molecule has 1 aromatic heterocycles. The van der Waals surface area contributed by atoms with Crippen LogP contribution in [-0.4, -0.2) is 51.5 Å². The Morgan fingerprint density at radius 1 is 1.03 bits per heavy atom. The number of aryl methyl sites for hydroxylation is 1. The summed E-state index contributed by atoms with van der Waals surface area (Å²) in [5.74, 6) is 2.47. The zero-order valence-electron chi connectivity index (χ0n) is 19.4. The molecule has 0 saturated carbocycles. The summed E-state index contributed by atoms with van der Waals surface area (Å²) in [6.45, 7) is 6.13. The highest BCUT2D eigenvalue weighted by molar-refractivity contribution is 6.42. The number of aromatic nitrogens is 2. The van der Waals surface area contributed by atoms with E-state index in [4.69, 9.17) is 32.7 Å². The molecule has 1 atom stereocenters. The third kappa shape index (κ3) is 6.89. The van der Waals surface area contributed by atoms with E-state index in [0.29, 0.717) is 35.2 Å². The molecule has 0 amide bonds. The number of rotatable bonds is 9. The average molecular weight is 504 g/mol. The molecular formula is C26H31Cl2N3O3. The van der Waals surface area contributed by atoms with Gasteiger partial charge in [0.05, 0.1) is 22.2 Å². The molecule has 182 valence electrons. The zero-order valence-corrected chi connectivity index (χ0v) is 20.9. The van der Waals surface area contributed by atoms with Crippen molar-refractivity contribution in [3.05, 3.63) is 76.3 Å². The SMILES string of the molecule is Cc1nccn1CCOc1cccc(CN2CCC[C@](O)(COc3ccc(Cl)c(Cl)c3)CC2)c1. The van der Waals surface area contributed by atoms with Gasteiger partial charge in [0.2, 0.25) is 0 Å². The van der Waals surface area contributed by atoms with Crippen LogP contribution in [0.3, 0.4) is 0 Å². The number of hydrogen-bond acceptors (Lipinski definition) is 5. The fourth-order valence-electron chi connectivity index (χ4n) is 4.22. The number of nitrogens with zero attached hydrogens (tertiary/aromatic N) is 3. The van der Waals surface area contributed by atoms with Gasteiger partial charge in [-0.2, -0.15) is 0 Å². The Hall–Kier alpha value is -2.25. The minimum atomic E-state index is -0.864. The normalized spacial score (nSPS) is 19.1. The molecule has 1 fully saturated rings. The molecule has 1 N–H and O–H groups in total. The summed E-state index contributed by atoms with van der Waals surface area (Å²) in [6.07, 6.45) is 6.01. The van der Waals surface area contributed by atoms with Gasteiger partial charge in [-0.1, -0.05) is 35.3 Å². The molecule has 1 saturated heterocycles. The van der Waals surface area contributed by atoms with Gasteiger partial charge >= 0.3 is 0 Å². The van der Waals surface area contributed by atoms with Crippen LogP contribution in [0.1, 0.15) is 30.7 Å². The predicted octanol–water partition coefficient (Wildman–Crippen LogP) is 5.37. The van der Waals surface area contributed by atoms with Crippen LogP contribution < -0.4 is 9.47 Å². The highest BCUT2D eigenvalue weighted by Gasteiger charge is 2.31. The number of aliphatic hydroxyl groups is 1. The highest BCUT2D eigenvalue weighted by atomic mass is 35.5. The molecule has 4 rings (SSSR count). The molecule has 0 bridgehead atoms. The fraction of sp³-hybridized carbons (Fsp3) is 0.423.